The monoisotopic (exact) mass is 128 g/mol. The van der Waals surface area contributed by atoms with Crippen LogP contribution in [-0.2, 0) is 0 Å². The van der Waals surface area contributed by atoms with Crippen LogP contribution < -0.4 is 5.73 Å². The van der Waals surface area contributed by atoms with Crippen molar-refractivity contribution in [1.29, 1.82) is 0 Å². The lowest BCUT2D eigenvalue weighted by Gasteiger charge is -2.45. The zero-order valence-corrected chi connectivity index (χ0v) is 6.35. The number of likely N-dealkylation sites (tertiary alicyclic amines) is 1. The number of nitrogens with two attached hydrogens (primary N) is 1. The summed E-state index contributed by atoms with van der Waals surface area (Å²) in [4.78, 5) is 2.39. The first-order valence-corrected chi connectivity index (χ1v) is 3.65. The van der Waals surface area contributed by atoms with Crippen molar-refractivity contribution in [2.45, 2.75) is 25.8 Å². The van der Waals surface area contributed by atoms with Crippen LogP contribution in [0.5, 0.6) is 0 Å². The van der Waals surface area contributed by atoms with Gasteiger partial charge in [-0.05, 0) is 19.9 Å². The molecule has 1 fully saturated rings. The summed E-state index contributed by atoms with van der Waals surface area (Å²) in [6.07, 6.45) is 1.25. The van der Waals surface area contributed by atoms with Crippen molar-refractivity contribution in [3.63, 3.8) is 0 Å². The molecule has 1 rings (SSSR count). The lowest BCUT2D eigenvalue weighted by molar-refractivity contribution is 0.0844. The Hall–Kier alpha value is -0.0800. The lowest BCUT2D eigenvalue weighted by atomic mass is 9.94. The number of hydrogen-bond donors (Lipinski definition) is 1. The molecule has 0 amide bonds. The Balaban J connectivity index is 2.12. The summed E-state index contributed by atoms with van der Waals surface area (Å²) < 4.78 is 0. The van der Waals surface area contributed by atoms with E-state index in [1.54, 1.807) is 0 Å². The summed E-state index contributed by atoms with van der Waals surface area (Å²) in [5.74, 6) is 0. The molecule has 1 aliphatic heterocycles. The zero-order chi connectivity index (χ0) is 6.91. The molecule has 0 atom stereocenters. The fourth-order valence-electron chi connectivity index (χ4n) is 1.45. The van der Waals surface area contributed by atoms with Crippen molar-refractivity contribution in [3.05, 3.63) is 0 Å². The zero-order valence-electron chi connectivity index (χ0n) is 6.35. The summed E-state index contributed by atoms with van der Waals surface area (Å²) in [7, 11) is 0. The van der Waals surface area contributed by atoms with E-state index in [0.29, 0.717) is 0 Å². The molecule has 1 saturated heterocycles. The molecule has 0 unspecified atom stereocenters. The summed E-state index contributed by atoms with van der Waals surface area (Å²) in [5, 5.41) is 0. The molecule has 9 heavy (non-hydrogen) atoms. The maximum atomic E-state index is 5.80. The molecule has 54 valence electrons. The van der Waals surface area contributed by atoms with Crippen LogP contribution in [0.25, 0.3) is 0 Å². The summed E-state index contributed by atoms with van der Waals surface area (Å²) in [6.45, 7) is 7.69. The Morgan fingerprint density at radius 3 is 2.44 bits per heavy atom. The third kappa shape index (κ3) is 1.66. The van der Waals surface area contributed by atoms with Gasteiger partial charge in [0.25, 0.3) is 0 Å². The van der Waals surface area contributed by atoms with Gasteiger partial charge in [0.15, 0.2) is 0 Å². The molecule has 0 bridgehead atoms. The van der Waals surface area contributed by atoms with E-state index in [9.17, 15) is 0 Å². The molecule has 0 aliphatic carbocycles. The van der Waals surface area contributed by atoms with E-state index in [1.807, 2.05) is 0 Å². The van der Waals surface area contributed by atoms with Crippen LogP contribution in [-0.4, -0.2) is 30.1 Å². The normalized spacial score (nSPS) is 25.7. The molecule has 0 spiro atoms. The number of nitrogens with zero attached hydrogens (tertiary/aromatic N) is 1. The lowest BCUT2D eigenvalue weighted by Crippen LogP contribution is -2.65. The van der Waals surface area contributed by atoms with Crippen molar-refractivity contribution in [2.75, 3.05) is 19.6 Å². The summed E-state index contributed by atoms with van der Waals surface area (Å²) in [6, 6.07) is 0. The minimum absolute atomic E-state index is 0.120. The van der Waals surface area contributed by atoms with Crippen LogP contribution in [0.4, 0.5) is 0 Å². The first kappa shape index (κ1) is 7.03. The highest BCUT2D eigenvalue weighted by atomic mass is 15.2. The third-order valence-corrected chi connectivity index (χ3v) is 1.71. The van der Waals surface area contributed by atoms with Crippen molar-refractivity contribution in [3.8, 4) is 0 Å². The standard InChI is InChI=1S/C7H16N2/c1-3-4-9-5-7(2,8)6-9/h3-6,8H2,1-2H3. The number of rotatable bonds is 2. The van der Waals surface area contributed by atoms with Gasteiger partial charge in [-0.1, -0.05) is 6.92 Å². The molecule has 2 N–H and O–H groups in total. The smallest absolute Gasteiger partial charge is 0.0383 e. The maximum Gasteiger partial charge on any atom is 0.0383 e. The van der Waals surface area contributed by atoms with Crippen LogP contribution in [0.15, 0.2) is 0 Å². The molecule has 0 saturated carbocycles. The molecule has 0 aromatic heterocycles. The molecule has 0 aromatic rings. The molecular formula is C7H16N2. The minimum atomic E-state index is 0.120. The van der Waals surface area contributed by atoms with E-state index in [-0.39, 0.29) is 5.54 Å². The highest BCUT2D eigenvalue weighted by Crippen LogP contribution is 2.16. The van der Waals surface area contributed by atoms with E-state index in [4.69, 9.17) is 5.73 Å². The number of hydrogen-bond acceptors (Lipinski definition) is 2. The minimum Gasteiger partial charge on any atom is -0.323 e. The molecule has 0 aromatic carbocycles. The van der Waals surface area contributed by atoms with Crippen molar-refractivity contribution < 1.29 is 0 Å². The van der Waals surface area contributed by atoms with Gasteiger partial charge in [0.2, 0.25) is 0 Å². The van der Waals surface area contributed by atoms with Crippen LogP contribution in [0, 0.1) is 0 Å². The molecular weight excluding hydrogens is 112 g/mol. The fourth-order valence-corrected chi connectivity index (χ4v) is 1.45. The van der Waals surface area contributed by atoms with Gasteiger partial charge in [0.05, 0.1) is 0 Å². The van der Waals surface area contributed by atoms with E-state index in [0.717, 1.165) is 13.1 Å². The van der Waals surface area contributed by atoms with Gasteiger partial charge in [0, 0.05) is 18.6 Å². The third-order valence-electron chi connectivity index (χ3n) is 1.71. The fraction of sp³-hybridized carbons (Fsp3) is 1.00. The second-order valence-electron chi connectivity index (χ2n) is 3.36. The Kier molecular flexibility index (Phi) is 1.78. The van der Waals surface area contributed by atoms with E-state index < -0.39 is 0 Å². The predicted octanol–water partition coefficient (Wildman–Crippen LogP) is 0.429. The van der Waals surface area contributed by atoms with Gasteiger partial charge in [-0.2, -0.15) is 0 Å². The van der Waals surface area contributed by atoms with Gasteiger partial charge in [-0.3, -0.25) is 4.90 Å². The second kappa shape index (κ2) is 2.27. The quantitative estimate of drug-likeness (QED) is 0.584. The summed E-state index contributed by atoms with van der Waals surface area (Å²) >= 11 is 0. The topological polar surface area (TPSA) is 29.3 Å². The van der Waals surface area contributed by atoms with E-state index in [2.05, 4.69) is 18.7 Å². The van der Waals surface area contributed by atoms with Crippen molar-refractivity contribution in [1.82, 2.24) is 4.90 Å². The SMILES string of the molecule is CCCN1CC(C)(N)C1. The van der Waals surface area contributed by atoms with Crippen molar-refractivity contribution >= 4 is 0 Å². The van der Waals surface area contributed by atoms with Gasteiger partial charge < -0.3 is 5.73 Å². The van der Waals surface area contributed by atoms with Crippen molar-refractivity contribution in [2.24, 2.45) is 5.73 Å². The second-order valence-corrected chi connectivity index (χ2v) is 3.36. The van der Waals surface area contributed by atoms with E-state index in [1.165, 1.54) is 13.0 Å². The van der Waals surface area contributed by atoms with Crippen LogP contribution in [0.2, 0.25) is 0 Å². The van der Waals surface area contributed by atoms with Crippen LogP contribution >= 0.6 is 0 Å². The van der Waals surface area contributed by atoms with Gasteiger partial charge >= 0.3 is 0 Å². The highest BCUT2D eigenvalue weighted by molar-refractivity contribution is 4.95. The Morgan fingerprint density at radius 2 is 2.11 bits per heavy atom. The van der Waals surface area contributed by atoms with E-state index >= 15 is 0 Å². The molecule has 0 radical (unpaired) electrons. The Morgan fingerprint density at radius 1 is 1.56 bits per heavy atom. The molecule has 1 aliphatic rings. The van der Waals surface area contributed by atoms with Crippen LogP contribution in [0.3, 0.4) is 0 Å². The summed E-state index contributed by atoms with van der Waals surface area (Å²) in [5.41, 5.74) is 5.92. The first-order valence-electron chi connectivity index (χ1n) is 3.65. The Labute approximate surface area is 57.0 Å². The highest BCUT2D eigenvalue weighted by Gasteiger charge is 2.33. The first-order chi connectivity index (χ1) is 4.14. The van der Waals surface area contributed by atoms with Gasteiger partial charge in [0.1, 0.15) is 0 Å². The largest absolute Gasteiger partial charge is 0.323 e. The average molecular weight is 128 g/mol. The molecule has 2 nitrogen and oxygen atoms in total. The maximum absolute atomic E-state index is 5.80. The molecule has 2 heteroatoms. The van der Waals surface area contributed by atoms with Gasteiger partial charge in [-0.25, -0.2) is 0 Å². The van der Waals surface area contributed by atoms with Crippen LogP contribution in [0.1, 0.15) is 20.3 Å². The Bertz CT molecular complexity index is 91.1. The van der Waals surface area contributed by atoms with Gasteiger partial charge in [-0.15, -0.1) is 0 Å². The molecule has 1 heterocycles. The predicted molar refractivity (Wildman–Crippen MR) is 39.3 cm³/mol. The average Bonchev–Trinajstić information content (AvgIpc) is 1.62.